The number of nitrogens with zero attached hydrogens (tertiary/aromatic N) is 3. The first-order valence-corrected chi connectivity index (χ1v) is 7.23. The van der Waals surface area contributed by atoms with E-state index in [2.05, 4.69) is 15.5 Å². The molecule has 0 saturated heterocycles. The molecule has 122 valence electrons. The van der Waals surface area contributed by atoms with Crippen LogP contribution in [-0.2, 0) is 7.05 Å². The van der Waals surface area contributed by atoms with Gasteiger partial charge in [0.15, 0.2) is 5.69 Å². The van der Waals surface area contributed by atoms with Crippen LogP contribution in [0.3, 0.4) is 0 Å². The molecular formula is C17H16N4O3. The quantitative estimate of drug-likeness (QED) is 0.707. The van der Waals surface area contributed by atoms with Crippen LogP contribution in [0.4, 0.5) is 16.2 Å². The Labute approximate surface area is 138 Å². The zero-order valence-electron chi connectivity index (χ0n) is 13.2. The van der Waals surface area contributed by atoms with Crippen LogP contribution in [0, 0.1) is 0 Å². The Bertz CT molecular complexity index is 913. The summed E-state index contributed by atoms with van der Waals surface area (Å²) in [6.07, 6.45) is 0. The Morgan fingerprint density at radius 2 is 1.88 bits per heavy atom. The molecule has 2 aromatic carbocycles. The highest BCUT2D eigenvalue weighted by Crippen LogP contribution is 2.37. The number of nitrogens with one attached hydrogen (secondary N) is 1. The SMILES string of the molecule is COc1ccc(NC(=O)N=Nc2c(O)n(C)c3ccccc23)cc1. The van der Waals surface area contributed by atoms with E-state index in [-0.39, 0.29) is 11.6 Å². The Kier molecular flexibility index (Phi) is 4.15. The second-order valence-corrected chi connectivity index (χ2v) is 5.11. The second-order valence-electron chi connectivity index (χ2n) is 5.11. The number of fused-ring (bicyclic) bond motifs is 1. The molecule has 7 heteroatoms. The normalized spacial score (nSPS) is 11.1. The number of hydrogen-bond donors (Lipinski definition) is 2. The Morgan fingerprint density at radius 1 is 1.17 bits per heavy atom. The topological polar surface area (TPSA) is 88.2 Å². The summed E-state index contributed by atoms with van der Waals surface area (Å²) in [6.45, 7) is 0. The number of hydrogen-bond acceptors (Lipinski definition) is 4. The third-order valence-electron chi connectivity index (χ3n) is 3.63. The van der Waals surface area contributed by atoms with Gasteiger partial charge in [0, 0.05) is 18.1 Å². The fraction of sp³-hybridized carbons (Fsp3) is 0.118. The van der Waals surface area contributed by atoms with Gasteiger partial charge in [-0.2, -0.15) is 0 Å². The molecule has 0 radical (unpaired) electrons. The third kappa shape index (κ3) is 2.91. The van der Waals surface area contributed by atoms with Gasteiger partial charge in [-0.1, -0.05) is 23.3 Å². The zero-order valence-corrected chi connectivity index (χ0v) is 13.2. The van der Waals surface area contributed by atoms with Gasteiger partial charge in [0.2, 0.25) is 5.88 Å². The highest BCUT2D eigenvalue weighted by Gasteiger charge is 2.14. The van der Waals surface area contributed by atoms with Gasteiger partial charge >= 0.3 is 6.03 Å². The number of benzene rings is 2. The predicted molar refractivity (Wildman–Crippen MR) is 91.1 cm³/mol. The van der Waals surface area contributed by atoms with Gasteiger partial charge in [-0.05, 0) is 30.3 Å². The number of amides is 2. The minimum Gasteiger partial charge on any atom is -0.497 e. The Morgan fingerprint density at radius 3 is 2.58 bits per heavy atom. The molecule has 1 heterocycles. The van der Waals surface area contributed by atoms with Crippen LogP contribution in [0.1, 0.15) is 0 Å². The molecule has 0 aliphatic rings. The van der Waals surface area contributed by atoms with Gasteiger partial charge < -0.3 is 19.7 Å². The fourth-order valence-corrected chi connectivity index (χ4v) is 2.38. The Hall–Kier alpha value is -3.35. The lowest BCUT2D eigenvalue weighted by Crippen LogP contribution is -2.05. The average molecular weight is 324 g/mol. The average Bonchev–Trinajstić information content (AvgIpc) is 2.85. The molecule has 24 heavy (non-hydrogen) atoms. The number of aromatic nitrogens is 1. The molecule has 0 atom stereocenters. The second kappa shape index (κ2) is 6.41. The lowest BCUT2D eigenvalue weighted by Gasteiger charge is -2.02. The van der Waals surface area contributed by atoms with Crippen LogP contribution < -0.4 is 10.1 Å². The lowest BCUT2D eigenvalue weighted by molar-refractivity contribution is 0.258. The van der Waals surface area contributed by atoms with Crippen molar-refractivity contribution in [3.63, 3.8) is 0 Å². The summed E-state index contributed by atoms with van der Waals surface area (Å²) in [7, 11) is 3.28. The van der Waals surface area contributed by atoms with E-state index in [9.17, 15) is 9.90 Å². The lowest BCUT2D eigenvalue weighted by atomic mass is 10.2. The molecule has 3 rings (SSSR count). The van der Waals surface area contributed by atoms with E-state index in [1.807, 2.05) is 24.3 Å². The molecule has 0 saturated carbocycles. The summed E-state index contributed by atoms with van der Waals surface area (Å²) in [5.41, 5.74) is 1.64. The van der Waals surface area contributed by atoms with Crippen molar-refractivity contribution in [3.05, 3.63) is 48.5 Å². The smallest absolute Gasteiger partial charge is 0.364 e. The molecule has 2 amide bonds. The van der Waals surface area contributed by atoms with Crippen molar-refractivity contribution >= 4 is 28.3 Å². The van der Waals surface area contributed by atoms with Crippen molar-refractivity contribution < 1.29 is 14.6 Å². The standard InChI is InChI=1S/C17H16N4O3/c1-21-14-6-4-3-5-13(14)15(16(21)22)19-20-17(23)18-11-7-9-12(24-2)10-8-11/h3-10,22H,1-2H3,(H,18,23). The van der Waals surface area contributed by atoms with Crippen molar-refractivity contribution in [3.8, 4) is 11.6 Å². The molecular weight excluding hydrogens is 308 g/mol. The molecule has 0 aliphatic carbocycles. The number of carbonyl (C=O) groups is 1. The van der Waals surface area contributed by atoms with Crippen molar-refractivity contribution in [1.82, 2.24) is 4.57 Å². The summed E-state index contributed by atoms with van der Waals surface area (Å²) >= 11 is 0. The molecule has 0 bridgehead atoms. The van der Waals surface area contributed by atoms with Crippen LogP contribution in [0.5, 0.6) is 11.6 Å². The van der Waals surface area contributed by atoms with Crippen LogP contribution in [-0.4, -0.2) is 22.8 Å². The number of carbonyl (C=O) groups excluding carboxylic acids is 1. The maximum atomic E-state index is 11.9. The van der Waals surface area contributed by atoms with Gasteiger partial charge in [0.05, 0.1) is 12.6 Å². The Balaban J connectivity index is 1.80. The van der Waals surface area contributed by atoms with E-state index in [0.717, 1.165) is 10.9 Å². The number of urea groups is 1. The highest BCUT2D eigenvalue weighted by molar-refractivity contribution is 5.95. The van der Waals surface area contributed by atoms with E-state index >= 15 is 0 Å². The minimum absolute atomic E-state index is 0.0443. The zero-order chi connectivity index (χ0) is 17.1. The molecule has 7 nitrogen and oxygen atoms in total. The van der Waals surface area contributed by atoms with Crippen molar-refractivity contribution in [2.24, 2.45) is 17.3 Å². The molecule has 3 aromatic rings. The predicted octanol–water partition coefficient (Wildman–Crippen LogP) is 4.21. The molecule has 0 unspecified atom stereocenters. The van der Waals surface area contributed by atoms with Crippen LogP contribution >= 0.6 is 0 Å². The summed E-state index contributed by atoms with van der Waals surface area (Å²) < 4.78 is 6.64. The van der Waals surface area contributed by atoms with E-state index in [1.165, 1.54) is 0 Å². The highest BCUT2D eigenvalue weighted by atomic mass is 16.5. The van der Waals surface area contributed by atoms with Crippen molar-refractivity contribution in [1.29, 1.82) is 0 Å². The summed E-state index contributed by atoms with van der Waals surface area (Å²) in [6, 6.07) is 13.6. The van der Waals surface area contributed by atoms with Gasteiger partial charge in [0.25, 0.3) is 0 Å². The number of azo groups is 1. The molecule has 0 aliphatic heterocycles. The van der Waals surface area contributed by atoms with E-state index < -0.39 is 6.03 Å². The third-order valence-corrected chi connectivity index (χ3v) is 3.63. The monoisotopic (exact) mass is 324 g/mol. The maximum Gasteiger partial charge on any atom is 0.364 e. The van der Waals surface area contributed by atoms with E-state index in [1.54, 1.807) is 43.0 Å². The fourth-order valence-electron chi connectivity index (χ4n) is 2.38. The van der Waals surface area contributed by atoms with Gasteiger partial charge in [-0.3, -0.25) is 0 Å². The van der Waals surface area contributed by atoms with Crippen LogP contribution in [0.2, 0.25) is 0 Å². The number of ether oxygens (including phenoxy) is 1. The van der Waals surface area contributed by atoms with Gasteiger partial charge in [-0.15, -0.1) is 5.11 Å². The molecule has 0 fully saturated rings. The van der Waals surface area contributed by atoms with Crippen LogP contribution in [0.15, 0.2) is 58.8 Å². The first-order valence-electron chi connectivity index (χ1n) is 7.23. The first-order chi connectivity index (χ1) is 11.6. The van der Waals surface area contributed by atoms with E-state index in [4.69, 9.17) is 4.74 Å². The van der Waals surface area contributed by atoms with Gasteiger partial charge in [0.1, 0.15) is 5.75 Å². The summed E-state index contributed by atoms with van der Waals surface area (Å²) in [5.74, 6) is 0.646. The first kappa shape index (κ1) is 15.5. The van der Waals surface area contributed by atoms with E-state index in [0.29, 0.717) is 11.4 Å². The summed E-state index contributed by atoms with van der Waals surface area (Å²) in [5, 5.41) is 21.0. The summed E-state index contributed by atoms with van der Waals surface area (Å²) in [4.78, 5) is 11.9. The van der Waals surface area contributed by atoms with Crippen molar-refractivity contribution in [2.75, 3.05) is 12.4 Å². The maximum absolute atomic E-state index is 11.9. The van der Waals surface area contributed by atoms with Gasteiger partial charge in [-0.25, -0.2) is 4.79 Å². The minimum atomic E-state index is -0.632. The number of rotatable bonds is 3. The number of methoxy groups -OCH3 is 1. The number of aromatic hydroxyl groups is 1. The molecule has 2 N–H and O–H groups in total. The van der Waals surface area contributed by atoms with Crippen LogP contribution in [0.25, 0.3) is 10.9 Å². The largest absolute Gasteiger partial charge is 0.497 e. The molecule has 1 aromatic heterocycles. The van der Waals surface area contributed by atoms with Crippen molar-refractivity contribution in [2.45, 2.75) is 0 Å². The number of para-hydroxylation sites is 1. The number of aryl methyl sites for hydroxylation is 1. The number of anilines is 1. The molecule has 0 spiro atoms.